The van der Waals surface area contributed by atoms with Crippen molar-refractivity contribution in [2.24, 2.45) is 5.92 Å². The van der Waals surface area contributed by atoms with Gasteiger partial charge in [0, 0.05) is 16.8 Å². The minimum Gasteiger partial charge on any atom is -0.313 e. The summed E-state index contributed by atoms with van der Waals surface area (Å²) in [5, 5.41) is 7.48. The van der Waals surface area contributed by atoms with Gasteiger partial charge in [-0.2, -0.15) is 0 Å². The number of pyridine rings is 1. The van der Waals surface area contributed by atoms with Gasteiger partial charge >= 0.3 is 0 Å². The molecule has 0 aliphatic carbocycles. The average Bonchev–Trinajstić information content (AvgIpc) is 2.51. The van der Waals surface area contributed by atoms with Crippen LogP contribution in [-0.4, -0.2) is 16.1 Å². The van der Waals surface area contributed by atoms with Crippen molar-refractivity contribution in [3.63, 3.8) is 0 Å². The molecule has 0 saturated heterocycles. The van der Waals surface area contributed by atoms with Gasteiger partial charge in [0.2, 0.25) is 0 Å². The first-order valence-corrected chi connectivity index (χ1v) is 9.19. The Labute approximate surface area is 147 Å². The molecule has 0 aliphatic rings. The van der Waals surface area contributed by atoms with E-state index in [9.17, 15) is 0 Å². The second-order valence-corrected chi connectivity index (χ2v) is 8.68. The van der Waals surface area contributed by atoms with Crippen molar-refractivity contribution in [2.75, 3.05) is 0 Å². The Bertz CT molecular complexity index is 491. The van der Waals surface area contributed by atoms with E-state index in [1.807, 2.05) is 6.20 Å². The second-order valence-electron chi connectivity index (χ2n) is 7.77. The fourth-order valence-corrected chi connectivity index (χ4v) is 3.51. The third kappa shape index (κ3) is 5.91. The molecule has 0 bridgehead atoms. The lowest BCUT2D eigenvalue weighted by Crippen LogP contribution is -2.29. The molecule has 3 atom stereocenters. The summed E-state index contributed by atoms with van der Waals surface area (Å²) in [6, 6.07) is 4.35. The van der Waals surface area contributed by atoms with Crippen molar-refractivity contribution in [2.45, 2.75) is 83.4 Å². The second kappa shape index (κ2) is 8.28. The maximum Gasteiger partial charge on any atom is 0.0432 e. The molecule has 0 fully saturated rings. The molecule has 1 heterocycles. The number of nitrogens with one attached hydrogen (secondary N) is 1. The van der Waals surface area contributed by atoms with Crippen LogP contribution in [0.25, 0.3) is 0 Å². The first-order valence-electron chi connectivity index (χ1n) is 8.81. The van der Waals surface area contributed by atoms with Crippen LogP contribution in [0.1, 0.15) is 84.4 Å². The third-order valence-electron chi connectivity index (χ3n) is 5.04. The minimum absolute atomic E-state index is 0.0161. The van der Waals surface area contributed by atoms with Crippen LogP contribution in [0, 0.1) is 11.3 Å². The molecule has 1 rings (SSSR count). The summed E-state index contributed by atoms with van der Waals surface area (Å²) < 4.78 is 0. The maximum atomic E-state index is 7.48. The number of aromatic nitrogens is 1. The Kier molecular flexibility index (Phi) is 7.26. The summed E-state index contributed by atoms with van der Waals surface area (Å²) in [7, 11) is 0. The SMILES string of the molecule is CCC(C=N)CC(C)c1ccc(C(C)(C)CC(C)(Cl)CC)cn1. The molecule has 0 amide bonds. The van der Waals surface area contributed by atoms with Gasteiger partial charge in [0.1, 0.15) is 0 Å². The largest absolute Gasteiger partial charge is 0.313 e. The zero-order valence-electron chi connectivity index (χ0n) is 15.6. The minimum atomic E-state index is -0.173. The lowest BCUT2D eigenvalue weighted by molar-refractivity contribution is 0.394. The third-order valence-corrected chi connectivity index (χ3v) is 5.44. The molecular weight excluding hydrogens is 304 g/mol. The molecule has 0 saturated carbocycles. The number of nitrogens with zero attached hydrogens (tertiary/aromatic N) is 1. The lowest BCUT2D eigenvalue weighted by atomic mass is 9.77. The maximum absolute atomic E-state index is 7.48. The first-order chi connectivity index (χ1) is 10.6. The van der Waals surface area contributed by atoms with E-state index in [1.165, 1.54) is 5.56 Å². The van der Waals surface area contributed by atoms with Crippen molar-refractivity contribution in [1.29, 1.82) is 5.41 Å². The highest BCUT2D eigenvalue weighted by molar-refractivity contribution is 6.23. The summed E-state index contributed by atoms with van der Waals surface area (Å²) in [5.41, 5.74) is 2.38. The lowest BCUT2D eigenvalue weighted by Gasteiger charge is -2.33. The number of hydrogen-bond donors (Lipinski definition) is 1. The van der Waals surface area contributed by atoms with Gasteiger partial charge in [-0.25, -0.2) is 0 Å². The van der Waals surface area contributed by atoms with Crippen LogP contribution >= 0.6 is 11.6 Å². The van der Waals surface area contributed by atoms with Crippen molar-refractivity contribution < 1.29 is 0 Å². The van der Waals surface area contributed by atoms with Crippen LogP contribution in [-0.2, 0) is 5.41 Å². The van der Waals surface area contributed by atoms with E-state index < -0.39 is 0 Å². The molecule has 130 valence electrons. The quantitative estimate of drug-likeness (QED) is 0.415. The predicted molar refractivity (Wildman–Crippen MR) is 102 cm³/mol. The molecule has 0 aliphatic heterocycles. The Morgan fingerprint density at radius 3 is 2.35 bits per heavy atom. The zero-order chi connectivity index (χ0) is 17.7. The molecule has 0 aromatic carbocycles. The predicted octanol–water partition coefficient (Wildman–Crippen LogP) is 6.33. The molecule has 0 spiro atoms. The normalized spacial score (nSPS) is 17.3. The standard InChI is InChI=1S/C20H33ClN2/c1-7-16(12-22)11-15(3)18-10-9-17(13-23-18)19(4,5)14-20(6,21)8-2/h9-10,12-13,15-16,22H,7-8,11,14H2,1-6H3. The van der Waals surface area contributed by atoms with E-state index in [1.54, 1.807) is 6.21 Å². The molecule has 1 aromatic rings. The number of rotatable bonds is 9. The van der Waals surface area contributed by atoms with Crippen molar-refractivity contribution in [3.8, 4) is 0 Å². The molecule has 2 nitrogen and oxygen atoms in total. The van der Waals surface area contributed by atoms with Crippen LogP contribution in [0.15, 0.2) is 18.3 Å². The van der Waals surface area contributed by atoms with Gasteiger partial charge in [-0.3, -0.25) is 4.98 Å². The van der Waals surface area contributed by atoms with E-state index in [0.717, 1.165) is 31.4 Å². The number of hydrogen-bond acceptors (Lipinski definition) is 2. The smallest absolute Gasteiger partial charge is 0.0432 e. The Balaban J connectivity index is 2.85. The van der Waals surface area contributed by atoms with Gasteiger partial charge in [-0.05, 0) is 67.7 Å². The van der Waals surface area contributed by atoms with Gasteiger partial charge in [-0.1, -0.05) is 40.7 Å². The number of alkyl halides is 1. The fraction of sp³-hybridized carbons (Fsp3) is 0.700. The van der Waals surface area contributed by atoms with E-state index in [2.05, 4.69) is 53.7 Å². The molecule has 1 N–H and O–H groups in total. The summed E-state index contributed by atoms with van der Waals surface area (Å²) >= 11 is 6.58. The van der Waals surface area contributed by atoms with Crippen LogP contribution in [0.3, 0.4) is 0 Å². The van der Waals surface area contributed by atoms with Gasteiger partial charge < -0.3 is 5.41 Å². The topological polar surface area (TPSA) is 36.7 Å². The molecular formula is C20H33ClN2. The van der Waals surface area contributed by atoms with Gasteiger partial charge in [0.25, 0.3) is 0 Å². The van der Waals surface area contributed by atoms with Crippen LogP contribution < -0.4 is 0 Å². The summed E-state index contributed by atoms with van der Waals surface area (Å²) in [4.78, 5) is 4.53. The molecule has 3 heteroatoms. The Hall–Kier alpha value is -0.890. The Morgan fingerprint density at radius 2 is 1.91 bits per heavy atom. The van der Waals surface area contributed by atoms with Gasteiger partial charge in [0.15, 0.2) is 0 Å². The van der Waals surface area contributed by atoms with Crippen molar-refractivity contribution >= 4 is 17.8 Å². The van der Waals surface area contributed by atoms with Gasteiger partial charge in [-0.15, -0.1) is 11.6 Å². The highest BCUT2D eigenvalue weighted by Crippen LogP contribution is 2.37. The van der Waals surface area contributed by atoms with Crippen molar-refractivity contribution in [3.05, 3.63) is 29.6 Å². The van der Waals surface area contributed by atoms with E-state index in [0.29, 0.717) is 11.8 Å². The summed E-state index contributed by atoms with van der Waals surface area (Å²) in [6.07, 6.45) is 7.48. The fourth-order valence-electron chi connectivity index (χ4n) is 3.17. The summed E-state index contributed by atoms with van der Waals surface area (Å²) in [6.45, 7) is 13.1. The van der Waals surface area contributed by atoms with E-state index in [4.69, 9.17) is 22.0 Å². The summed E-state index contributed by atoms with van der Waals surface area (Å²) in [5.74, 6) is 0.733. The first kappa shape index (κ1) is 20.2. The zero-order valence-corrected chi connectivity index (χ0v) is 16.4. The van der Waals surface area contributed by atoms with Crippen molar-refractivity contribution in [1.82, 2.24) is 4.98 Å². The van der Waals surface area contributed by atoms with Crippen LogP contribution in [0.4, 0.5) is 0 Å². The molecule has 1 aromatic heterocycles. The average molecular weight is 337 g/mol. The Morgan fingerprint density at radius 1 is 1.26 bits per heavy atom. The van der Waals surface area contributed by atoms with E-state index in [-0.39, 0.29) is 10.3 Å². The van der Waals surface area contributed by atoms with Gasteiger partial charge in [0.05, 0.1) is 0 Å². The van der Waals surface area contributed by atoms with E-state index >= 15 is 0 Å². The van der Waals surface area contributed by atoms with Crippen LogP contribution in [0.5, 0.6) is 0 Å². The molecule has 23 heavy (non-hydrogen) atoms. The van der Waals surface area contributed by atoms with Crippen LogP contribution in [0.2, 0.25) is 0 Å². The highest BCUT2D eigenvalue weighted by atomic mass is 35.5. The molecule has 0 radical (unpaired) electrons. The highest BCUT2D eigenvalue weighted by Gasteiger charge is 2.31. The number of halogens is 1. The molecule has 3 unspecified atom stereocenters. The monoisotopic (exact) mass is 336 g/mol.